The number of nitrogens with two attached hydrogens (primary N) is 1. The lowest BCUT2D eigenvalue weighted by atomic mass is 10.1. The van der Waals surface area contributed by atoms with Gasteiger partial charge in [-0.25, -0.2) is 0 Å². The maximum atomic E-state index is 5.82. The Labute approximate surface area is 134 Å². The van der Waals surface area contributed by atoms with Gasteiger partial charge in [0.15, 0.2) is 0 Å². The number of benzene rings is 1. The Morgan fingerprint density at radius 2 is 1.77 bits per heavy atom. The first-order chi connectivity index (χ1) is 10.8. The molecule has 124 valence electrons. The number of rotatable bonds is 9. The summed E-state index contributed by atoms with van der Waals surface area (Å²) in [7, 11) is 1.69. The molecule has 0 aliphatic carbocycles. The van der Waals surface area contributed by atoms with Crippen LogP contribution in [0.25, 0.3) is 0 Å². The highest BCUT2D eigenvalue weighted by atomic mass is 16.5. The standard InChI is InChI=1S/C17H29N3O2/c1-21-13-14-22-17-6-3-2-5-16(17)15-20-11-9-19(10-12-20)8-4-7-18/h2-3,5-6H,4,7-15,18H2,1H3. The molecule has 0 radical (unpaired) electrons. The van der Waals surface area contributed by atoms with Crippen molar-refractivity contribution in [2.75, 3.05) is 59.6 Å². The molecule has 5 nitrogen and oxygen atoms in total. The maximum Gasteiger partial charge on any atom is 0.123 e. The van der Waals surface area contributed by atoms with Crippen molar-refractivity contribution >= 4 is 0 Å². The van der Waals surface area contributed by atoms with Gasteiger partial charge in [0.2, 0.25) is 0 Å². The zero-order valence-electron chi connectivity index (χ0n) is 13.7. The van der Waals surface area contributed by atoms with Crippen LogP contribution in [0.4, 0.5) is 0 Å². The summed E-state index contributed by atoms with van der Waals surface area (Å²) in [6.07, 6.45) is 1.09. The Morgan fingerprint density at radius 1 is 1.05 bits per heavy atom. The molecule has 0 spiro atoms. The molecule has 1 aliphatic rings. The quantitative estimate of drug-likeness (QED) is 0.694. The first-order valence-electron chi connectivity index (χ1n) is 8.18. The van der Waals surface area contributed by atoms with E-state index in [1.54, 1.807) is 7.11 Å². The largest absolute Gasteiger partial charge is 0.491 e. The molecule has 1 aromatic rings. The van der Waals surface area contributed by atoms with E-state index in [1.807, 2.05) is 12.1 Å². The van der Waals surface area contributed by atoms with Gasteiger partial charge in [0.25, 0.3) is 0 Å². The summed E-state index contributed by atoms with van der Waals surface area (Å²) < 4.78 is 10.9. The van der Waals surface area contributed by atoms with Gasteiger partial charge in [-0.1, -0.05) is 18.2 Å². The third-order valence-electron chi connectivity index (χ3n) is 4.05. The van der Waals surface area contributed by atoms with Crippen molar-refractivity contribution in [3.8, 4) is 5.75 Å². The van der Waals surface area contributed by atoms with Gasteiger partial charge in [0.05, 0.1) is 6.61 Å². The van der Waals surface area contributed by atoms with Gasteiger partial charge >= 0.3 is 0 Å². The minimum absolute atomic E-state index is 0.598. The van der Waals surface area contributed by atoms with Gasteiger partial charge in [-0.2, -0.15) is 0 Å². The van der Waals surface area contributed by atoms with Gasteiger partial charge < -0.3 is 20.1 Å². The van der Waals surface area contributed by atoms with E-state index < -0.39 is 0 Å². The molecule has 1 heterocycles. The predicted molar refractivity (Wildman–Crippen MR) is 89.2 cm³/mol. The van der Waals surface area contributed by atoms with Crippen molar-refractivity contribution in [1.82, 2.24) is 9.80 Å². The molecule has 1 aromatic carbocycles. The summed E-state index contributed by atoms with van der Waals surface area (Å²) in [5.41, 5.74) is 6.84. The lowest BCUT2D eigenvalue weighted by Gasteiger charge is -2.34. The Hall–Kier alpha value is -1.14. The third kappa shape index (κ3) is 5.57. The Morgan fingerprint density at radius 3 is 2.50 bits per heavy atom. The number of hydrogen-bond donors (Lipinski definition) is 1. The highest BCUT2D eigenvalue weighted by molar-refractivity contribution is 5.33. The normalized spacial score (nSPS) is 16.8. The second-order valence-electron chi connectivity index (χ2n) is 5.71. The minimum Gasteiger partial charge on any atom is -0.491 e. The van der Waals surface area contributed by atoms with Gasteiger partial charge in [-0.3, -0.25) is 4.90 Å². The third-order valence-corrected chi connectivity index (χ3v) is 4.05. The minimum atomic E-state index is 0.598. The van der Waals surface area contributed by atoms with Gasteiger partial charge in [-0.15, -0.1) is 0 Å². The summed E-state index contributed by atoms with van der Waals surface area (Å²) in [6.45, 7) is 8.56. The van der Waals surface area contributed by atoms with Crippen molar-refractivity contribution in [2.45, 2.75) is 13.0 Å². The predicted octanol–water partition coefficient (Wildman–Crippen LogP) is 1.18. The summed E-state index contributed by atoms with van der Waals surface area (Å²) in [4.78, 5) is 5.00. The number of ether oxygens (including phenoxy) is 2. The molecular weight excluding hydrogens is 278 g/mol. The van der Waals surface area contributed by atoms with E-state index in [0.29, 0.717) is 13.2 Å². The lowest BCUT2D eigenvalue weighted by molar-refractivity contribution is 0.123. The van der Waals surface area contributed by atoms with E-state index >= 15 is 0 Å². The first kappa shape index (κ1) is 17.2. The molecule has 0 saturated carbocycles. The highest BCUT2D eigenvalue weighted by Gasteiger charge is 2.17. The van der Waals surface area contributed by atoms with Crippen LogP contribution in [0.15, 0.2) is 24.3 Å². The fourth-order valence-corrected chi connectivity index (χ4v) is 2.74. The van der Waals surface area contributed by atoms with Crippen LogP contribution in [0.2, 0.25) is 0 Å². The molecular formula is C17H29N3O2. The Kier molecular flexibility index (Phi) is 7.66. The fourth-order valence-electron chi connectivity index (χ4n) is 2.74. The number of methoxy groups -OCH3 is 1. The van der Waals surface area contributed by atoms with E-state index in [4.69, 9.17) is 15.2 Å². The van der Waals surface area contributed by atoms with E-state index in [1.165, 1.54) is 5.56 Å². The number of para-hydroxylation sites is 1. The molecule has 22 heavy (non-hydrogen) atoms. The molecule has 2 rings (SSSR count). The molecule has 5 heteroatoms. The fraction of sp³-hybridized carbons (Fsp3) is 0.647. The summed E-state index contributed by atoms with van der Waals surface area (Å²) in [5, 5.41) is 0. The van der Waals surface area contributed by atoms with Crippen LogP contribution in [0.3, 0.4) is 0 Å². The monoisotopic (exact) mass is 307 g/mol. The molecule has 0 aromatic heterocycles. The van der Waals surface area contributed by atoms with Crippen LogP contribution in [0.1, 0.15) is 12.0 Å². The highest BCUT2D eigenvalue weighted by Crippen LogP contribution is 2.20. The van der Waals surface area contributed by atoms with Crippen molar-refractivity contribution in [1.29, 1.82) is 0 Å². The van der Waals surface area contributed by atoms with E-state index in [2.05, 4.69) is 21.9 Å². The average Bonchev–Trinajstić information content (AvgIpc) is 2.56. The van der Waals surface area contributed by atoms with Gasteiger partial charge in [-0.05, 0) is 25.6 Å². The SMILES string of the molecule is COCCOc1ccccc1CN1CCN(CCCN)CC1. The second kappa shape index (κ2) is 9.79. The van der Waals surface area contributed by atoms with Gasteiger partial charge in [0, 0.05) is 45.4 Å². The molecule has 0 amide bonds. The summed E-state index contributed by atoms with van der Waals surface area (Å²) in [5.74, 6) is 0.977. The van der Waals surface area contributed by atoms with Crippen LogP contribution in [-0.4, -0.2) is 69.4 Å². The Balaban J connectivity index is 1.81. The van der Waals surface area contributed by atoms with Crippen LogP contribution in [-0.2, 0) is 11.3 Å². The summed E-state index contributed by atoms with van der Waals surface area (Å²) >= 11 is 0. The summed E-state index contributed by atoms with van der Waals surface area (Å²) in [6, 6.07) is 8.30. The smallest absolute Gasteiger partial charge is 0.123 e. The van der Waals surface area contributed by atoms with Gasteiger partial charge in [0.1, 0.15) is 12.4 Å². The number of hydrogen-bond acceptors (Lipinski definition) is 5. The zero-order valence-corrected chi connectivity index (χ0v) is 13.7. The second-order valence-corrected chi connectivity index (χ2v) is 5.71. The zero-order chi connectivity index (χ0) is 15.6. The molecule has 0 bridgehead atoms. The van der Waals surface area contributed by atoms with E-state index in [0.717, 1.165) is 58.0 Å². The van der Waals surface area contributed by atoms with Crippen LogP contribution in [0.5, 0.6) is 5.75 Å². The van der Waals surface area contributed by atoms with Crippen molar-refractivity contribution in [2.24, 2.45) is 5.73 Å². The van der Waals surface area contributed by atoms with E-state index in [-0.39, 0.29) is 0 Å². The maximum absolute atomic E-state index is 5.82. The Bertz CT molecular complexity index is 420. The average molecular weight is 307 g/mol. The molecule has 1 fully saturated rings. The molecule has 2 N–H and O–H groups in total. The molecule has 0 atom stereocenters. The number of piperazine rings is 1. The lowest BCUT2D eigenvalue weighted by Crippen LogP contribution is -2.46. The first-order valence-corrected chi connectivity index (χ1v) is 8.18. The topological polar surface area (TPSA) is 51.0 Å². The van der Waals surface area contributed by atoms with Crippen molar-refractivity contribution in [3.05, 3.63) is 29.8 Å². The van der Waals surface area contributed by atoms with Crippen LogP contribution in [0, 0.1) is 0 Å². The number of nitrogens with zero attached hydrogens (tertiary/aromatic N) is 2. The van der Waals surface area contributed by atoms with Crippen LogP contribution >= 0.6 is 0 Å². The molecule has 1 aliphatic heterocycles. The molecule has 1 saturated heterocycles. The van der Waals surface area contributed by atoms with Crippen molar-refractivity contribution < 1.29 is 9.47 Å². The van der Waals surface area contributed by atoms with Crippen LogP contribution < -0.4 is 10.5 Å². The molecule has 0 unspecified atom stereocenters. The van der Waals surface area contributed by atoms with E-state index in [9.17, 15) is 0 Å². The van der Waals surface area contributed by atoms with Crippen molar-refractivity contribution in [3.63, 3.8) is 0 Å².